The molecule has 2 heteroatoms. The summed E-state index contributed by atoms with van der Waals surface area (Å²) >= 11 is 0. The third-order valence-corrected chi connectivity index (χ3v) is 1.78. The van der Waals surface area contributed by atoms with Gasteiger partial charge in [-0.05, 0) is 12.5 Å². The second kappa shape index (κ2) is 7.11. The summed E-state index contributed by atoms with van der Waals surface area (Å²) in [6.45, 7) is 6.02. The lowest BCUT2D eigenvalue weighted by atomic mass is 10.0. The molecular weight excluding hydrogens is 172 g/mol. The van der Waals surface area contributed by atoms with Gasteiger partial charge in [-0.3, -0.25) is 0 Å². The van der Waals surface area contributed by atoms with Crippen LogP contribution in [0.5, 0.6) is 0 Å². The Hall–Kier alpha value is -1.33. The monoisotopic (exact) mass is 190 g/mol. The van der Waals surface area contributed by atoms with E-state index in [4.69, 9.17) is 11.0 Å². The summed E-state index contributed by atoms with van der Waals surface area (Å²) in [6.07, 6.45) is 0.378. The molecule has 1 aromatic carbocycles. The maximum absolute atomic E-state index is 8.44. The fourth-order valence-corrected chi connectivity index (χ4v) is 1.12. The lowest BCUT2D eigenvalue weighted by Crippen LogP contribution is -2.08. The highest BCUT2D eigenvalue weighted by atomic mass is 14.6. The van der Waals surface area contributed by atoms with Gasteiger partial charge in [0.15, 0.2) is 0 Å². The molecular formula is C12H18N2. The zero-order valence-corrected chi connectivity index (χ0v) is 9.12. The van der Waals surface area contributed by atoms with E-state index in [0.29, 0.717) is 6.42 Å². The molecule has 2 nitrogen and oxygen atoms in total. The molecule has 0 saturated carbocycles. The molecule has 1 aromatic rings. The number of rotatable bonds is 2. The Morgan fingerprint density at radius 1 is 1.43 bits per heavy atom. The van der Waals surface area contributed by atoms with Gasteiger partial charge >= 0.3 is 0 Å². The van der Waals surface area contributed by atoms with Crippen LogP contribution in [0.15, 0.2) is 24.3 Å². The Kier molecular flexibility index (Phi) is 6.43. The van der Waals surface area contributed by atoms with Gasteiger partial charge in [0.2, 0.25) is 0 Å². The highest BCUT2D eigenvalue weighted by Gasteiger charge is 2.03. The van der Waals surface area contributed by atoms with E-state index >= 15 is 0 Å². The summed E-state index contributed by atoms with van der Waals surface area (Å²) in [7, 11) is 0. The van der Waals surface area contributed by atoms with Crippen LogP contribution in [0, 0.1) is 18.3 Å². The first kappa shape index (κ1) is 12.7. The quantitative estimate of drug-likeness (QED) is 0.779. The van der Waals surface area contributed by atoms with Crippen molar-refractivity contribution >= 4 is 0 Å². The van der Waals surface area contributed by atoms with Crippen LogP contribution in [0.4, 0.5) is 0 Å². The van der Waals surface area contributed by atoms with Crippen LogP contribution in [-0.4, -0.2) is 0 Å². The minimum absolute atomic E-state index is 0.144. The Bertz CT molecular complexity index is 299. The minimum atomic E-state index is -0.144. The van der Waals surface area contributed by atoms with Crippen LogP contribution in [0.25, 0.3) is 0 Å². The molecule has 0 saturated heterocycles. The van der Waals surface area contributed by atoms with Gasteiger partial charge < -0.3 is 5.73 Å². The van der Waals surface area contributed by atoms with Crippen molar-refractivity contribution in [1.82, 2.24) is 0 Å². The SMILES string of the molecule is CC.Cc1cccc(C(N)CC#N)c1. The first-order chi connectivity index (χ1) is 6.74. The van der Waals surface area contributed by atoms with Crippen molar-refractivity contribution < 1.29 is 0 Å². The van der Waals surface area contributed by atoms with E-state index in [9.17, 15) is 0 Å². The van der Waals surface area contributed by atoms with E-state index in [1.807, 2.05) is 45.0 Å². The van der Waals surface area contributed by atoms with Crippen molar-refractivity contribution in [2.24, 2.45) is 5.73 Å². The van der Waals surface area contributed by atoms with E-state index in [1.54, 1.807) is 0 Å². The molecule has 1 atom stereocenters. The second-order valence-electron chi connectivity index (χ2n) is 2.88. The smallest absolute Gasteiger partial charge is 0.0641 e. The predicted octanol–water partition coefficient (Wildman–Crippen LogP) is 2.93. The number of benzene rings is 1. The number of nitrogens with zero attached hydrogens (tertiary/aromatic N) is 1. The molecule has 14 heavy (non-hydrogen) atoms. The average Bonchev–Trinajstić information content (AvgIpc) is 2.21. The van der Waals surface area contributed by atoms with Crippen molar-refractivity contribution in [2.45, 2.75) is 33.2 Å². The lowest BCUT2D eigenvalue weighted by Gasteiger charge is -2.07. The van der Waals surface area contributed by atoms with Crippen LogP contribution < -0.4 is 5.73 Å². The van der Waals surface area contributed by atoms with Crippen molar-refractivity contribution in [1.29, 1.82) is 5.26 Å². The molecule has 1 unspecified atom stereocenters. The van der Waals surface area contributed by atoms with E-state index in [1.165, 1.54) is 5.56 Å². The molecule has 0 amide bonds. The van der Waals surface area contributed by atoms with Crippen LogP contribution >= 0.6 is 0 Å². The molecule has 0 aromatic heterocycles. The van der Waals surface area contributed by atoms with Gasteiger partial charge in [-0.15, -0.1) is 0 Å². The van der Waals surface area contributed by atoms with Gasteiger partial charge in [-0.1, -0.05) is 43.7 Å². The zero-order chi connectivity index (χ0) is 11.0. The Labute approximate surface area is 86.4 Å². The minimum Gasteiger partial charge on any atom is -0.323 e. The summed E-state index contributed by atoms with van der Waals surface area (Å²) < 4.78 is 0. The number of nitrogens with two attached hydrogens (primary N) is 1. The topological polar surface area (TPSA) is 49.8 Å². The van der Waals surface area contributed by atoms with Crippen molar-refractivity contribution in [3.05, 3.63) is 35.4 Å². The number of aryl methyl sites for hydroxylation is 1. The molecule has 0 aliphatic rings. The van der Waals surface area contributed by atoms with Gasteiger partial charge in [-0.2, -0.15) is 5.26 Å². The van der Waals surface area contributed by atoms with E-state index < -0.39 is 0 Å². The molecule has 1 rings (SSSR count). The van der Waals surface area contributed by atoms with Crippen LogP contribution in [0.2, 0.25) is 0 Å². The molecule has 0 radical (unpaired) electrons. The standard InChI is InChI=1S/C10H12N2.C2H6/c1-8-3-2-4-9(7-8)10(12)5-6-11;1-2/h2-4,7,10H,5,12H2,1H3;1-2H3. The van der Waals surface area contributed by atoms with Crippen LogP contribution in [0.3, 0.4) is 0 Å². The summed E-state index contributed by atoms with van der Waals surface area (Å²) in [4.78, 5) is 0. The summed E-state index contributed by atoms with van der Waals surface area (Å²) in [6, 6.07) is 9.86. The molecule has 0 aliphatic carbocycles. The third-order valence-electron chi connectivity index (χ3n) is 1.78. The Morgan fingerprint density at radius 3 is 2.57 bits per heavy atom. The Balaban J connectivity index is 0.000000791. The van der Waals surface area contributed by atoms with Gasteiger partial charge in [-0.25, -0.2) is 0 Å². The second-order valence-corrected chi connectivity index (χ2v) is 2.88. The largest absolute Gasteiger partial charge is 0.323 e. The van der Waals surface area contributed by atoms with E-state index in [0.717, 1.165) is 5.56 Å². The van der Waals surface area contributed by atoms with Crippen molar-refractivity contribution in [3.8, 4) is 6.07 Å². The Morgan fingerprint density at radius 2 is 2.07 bits per heavy atom. The molecule has 76 valence electrons. The van der Waals surface area contributed by atoms with E-state index in [-0.39, 0.29) is 6.04 Å². The number of nitriles is 1. The van der Waals surface area contributed by atoms with E-state index in [2.05, 4.69) is 6.07 Å². The van der Waals surface area contributed by atoms with Crippen molar-refractivity contribution in [3.63, 3.8) is 0 Å². The highest BCUT2D eigenvalue weighted by molar-refractivity contribution is 5.25. The molecule has 0 heterocycles. The molecule has 0 fully saturated rings. The number of hydrogen-bond acceptors (Lipinski definition) is 2. The van der Waals surface area contributed by atoms with Crippen molar-refractivity contribution in [2.75, 3.05) is 0 Å². The van der Waals surface area contributed by atoms with Crippen LogP contribution in [-0.2, 0) is 0 Å². The third kappa shape index (κ3) is 4.06. The summed E-state index contributed by atoms with van der Waals surface area (Å²) in [5.41, 5.74) is 7.97. The van der Waals surface area contributed by atoms with Crippen LogP contribution in [0.1, 0.15) is 37.4 Å². The first-order valence-corrected chi connectivity index (χ1v) is 4.93. The van der Waals surface area contributed by atoms with Gasteiger partial charge in [0.05, 0.1) is 12.5 Å². The first-order valence-electron chi connectivity index (χ1n) is 4.93. The fraction of sp³-hybridized carbons (Fsp3) is 0.417. The summed E-state index contributed by atoms with van der Waals surface area (Å²) in [5.74, 6) is 0. The molecule has 0 spiro atoms. The molecule has 0 aliphatic heterocycles. The highest BCUT2D eigenvalue weighted by Crippen LogP contribution is 2.14. The van der Waals surface area contributed by atoms with Gasteiger partial charge in [0.1, 0.15) is 0 Å². The molecule has 2 N–H and O–H groups in total. The lowest BCUT2D eigenvalue weighted by molar-refractivity contribution is 0.748. The predicted molar refractivity (Wildman–Crippen MR) is 59.7 cm³/mol. The average molecular weight is 190 g/mol. The zero-order valence-electron chi connectivity index (χ0n) is 9.12. The van der Waals surface area contributed by atoms with Gasteiger partial charge in [0, 0.05) is 6.04 Å². The number of hydrogen-bond donors (Lipinski definition) is 1. The summed E-state index contributed by atoms with van der Waals surface area (Å²) in [5, 5.41) is 8.44. The fourth-order valence-electron chi connectivity index (χ4n) is 1.12. The maximum atomic E-state index is 8.44. The maximum Gasteiger partial charge on any atom is 0.0641 e. The normalized spacial score (nSPS) is 10.8. The van der Waals surface area contributed by atoms with Gasteiger partial charge in [0.25, 0.3) is 0 Å². The molecule has 0 bridgehead atoms.